The quantitative estimate of drug-likeness (QED) is 0.308. The zero-order chi connectivity index (χ0) is 29.7. The van der Waals surface area contributed by atoms with Gasteiger partial charge >= 0.3 is 6.09 Å². The zero-order valence-corrected chi connectivity index (χ0v) is 24.0. The van der Waals surface area contributed by atoms with Crippen molar-refractivity contribution in [2.45, 2.75) is 74.1 Å². The molecule has 2 saturated heterocycles. The number of hydroxylamine groups is 1. The molecule has 3 fully saturated rings. The summed E-state index contributed by atoms with van der Waals surface area (Å²) in [5.41, 5.74) is 6.21. The average molecular weight is 604 g/mol. The van der Waals surface area contributed by atoms with E-state index in [2.05, 4.69) is 5.32 Å². The Balaban J connectivity index is 1.36. The van der Waals surface area contributed by atoms with Crippen LogP contribution in [0.25, 0.3) is 0 Å². The molecule has 0 unspecified atom stereocenters. The van der Waals surface area contributed by atoms with E-state index in [1.165, 1.54) is 24.3 Å². The molecule has 12 nitrogen and oxygen atoms in total. The first-order valence-electron chi connectivity index (χ1n) is 14.2. The molecule has 2 amide bonds. The number of sulfonamides is 1. The third-order valence-corrected chi connectivity index (χ3v) is 9.52. The molecule has 1 aliphatic carbocycles. The number of rotatable bonds is 12. The maximum Gasteiger partial charge on any atom is 0.407 e. The summed E-state index contributed by atoms with van der Waals surface area (Å²) in [6, 6.07) is 13.6. The molecule has 2 aromatic rings. The highest BCUT2D eigenvalue weighted by atomic mass is 32.2. The van der Waals surface area contributed by atoms with E-state index in [0.29, 0.717) is 25.9 Å². The number of nitrogens with zero attached hydrogens (tertiary/aromatic N) is 1. The number of hydrogen-bond donors (Lipinski definition) is 3. The normalized spacial score (nSPS) is 23.9. The van der Waals surface area contributed by atoms with Crippen molar-refractivity contribution in [2.24, 2.45) is 11.7 Å². The SMILES string of the molecule is NC(=O)c1cccc(S(=O)(=O)N(C[C@H](O)[C@H](Cc2ccccc2)NC(=O)O[C@H]2CO[C@H]3OCC[C@H]32)OC2CCCC2)c1. The molecule has 2 heterocycles. The summed E-state index contributed by atoms with van der Waals surface area (Å²) >= 11 is 0. The highest BCUT2D eigenvalue weighted by molar-refractivity contribution is 7.89. The number of carbonyl (C=O) groups is 2. The van der Waals surface area contributed by atoms with Gasteiger partial charge in [-0.25, -0.2) is 13.2 Å². The Labute approximate surface area is 245 Å². The lowest BCUT2D eigenvalue weighted by Crippen LogP contribution is -2.51. The summed E-state index contributed by atoms with van der Waals surface area (Å²) in [5, 5.41) is 14.2. The summed E-state index contributed by atoms with van der Waals surface area (Å²) in [5.74, 6) is -0.839. The molecular formula is C29H37N3O9S. The molecule has 1 saturated carbocycles. The molecule has 5 atom stereocenters. The maximum atomic E-state index is 13.8. The first kappa shape index (κ1) is 30.4. The van der Waals surface area contributed by atoms with E-state index in [0.717, 1.165) is 22.9 Å². The average Bonchev–Trinajstić information content (AvgIpc) is 3.74. The molecule has 13 heteroatoms. The first-order valence-corrected chi connectivity index (χ1v) is 15.7. The van der Waals surface area contributed by atoms with Crippen LogP contribution in [0.1, 0.15) is 48.0 Å². The summed E-state index contributed by atoms with van der Waals surface area (Å²) in [6.45, 7) is 0.253. The summed E-state index contributed by atoms with van der Waals surface area (Å²) < 4.78 is 45.0. The number of alkyl carbamates (subject to hydrolysis) is 1. The number of amides is 2. The van der Waals surface area contributed by atoms with E-state index < -0.39 is 53.1 Å². The van der Waals surface area contributed by atoms with E-state index in [1.54, 1.807) is 0 Å². The van der Waals surface area contributed by atoms with Crippen LogP contribution >= 0.6 is 0 Å². The lowest BCUT2D eigenvalue weighted by molar-refractivity contribution is -0.145. The van der Waals surface area contributed by atoms with Gasteiger partial charge < -0.3 is 30.4 Å². The van der Waals surface area contributed by atoms with Crippen LogP contribution in [0.4, 0.5) is 4.79 Å². The molecule has 0 aromatic heterocycles. The van der Waals surface area contributed by atoms with Crippen LogP contribution in [0.5, 0.6) is 0 Å². The highest BCUT2D eigenvalue weighted by Crippen LogP contribution is 2.33. The van der Waals surface area contributed by atoms with E-state index >= 15 is 0 Å². The van der Waals surface area contributed by atoms with Gasteiger partial charge in [-0.05, 0) is 49.4 Å². The van der Waals surface area contributed by atoms with Gasteiger partial charge in [-0.15, -0.1) is 0 Å². The van der Waals surface area contributed by atoms with Gasteiger partial charge in [-0.3, -0.25) is 9.63 Å². The number of ether oxygens (including phenoxy) is 3. The Morgan fingerprint density at radius 2 is 1.83 bits per heavy atom. The summed E-state index contributed by atoms with van der Waals surface area (Å²) in [6.07, 6.45) is 0.615. The van der Waals surface area contributed by atoms with Gasteiger partial charge in [0.1, 0.15) is 6.10 Å². The molecule has 0 radical (unpaired) electrons. The Bertz CT molecular complexity index is 1340. The first-order chi connectivity index (χ1) is 20.2. The molecule has 228 valence electrons. The number of hydrogen-bond acceptors (Lipinski definition) is 9. The lowest BCUT2D eigenvalue weighted by Gasteiger charge is -2.31. The predicted octanol–water partition coefficient (Wildman–Crippen LogP) is 2.11. The fraction of sp³-hybridized carbons (Fsp3) is 0.517. The van der Waals surface area contributed by atoms with Gasteiger partial charge in [0, 0.05) is 5.56 Å². The van der Waals surface area contributed by atoms with E-state index in [4.69, 9.17) is 24.8 Å². The molecule has 2 aromatic carbocycles. The predicted molar refractivity (Wildman–Crippen MR) is 149 cm³/mol. The zero-order valence-electron chi connectivity index (χ0n) is 23.2. The smallest absolute Gasteiger partial charge is 0.407 e. The second-order valence-electron chi connectivity index (χ2n) is 10.9. The number of carbonyl (C=O) groups excluding carboxylic acids is 2. The van der Waals surface area contributed by atoms with E-state index in [-0.39, 0.29) is 35.5 Å². The van der Waals surface area contributed by atoms with Crippen molar-refractivity contribution < 1.29 is 42.2 Å². The topological polar surface area (TPSA) is 167 Å². The minimum absolute atomic E-state index is 0.0228. The van der Waals surface area contributed by atoms with Crippen LogP contribution in [-0.2, 0) is 35.5 Å². The number of nitrogens with two attached hydrogens (primary N) is 1. The minimum Gasteiger partial charge on any atom is -0.443 e. The molecule has 0 bridgehead atoms. The second kappa shape index (κ2) is 13.5. The molecule has 2 aliphatic heterocycles. The fourth-order valence-electron chi connectivity index (χ4n) is 5.59. The van der Waals surface area contributed by atoms with Crippen molar-refractivity contribution in [2.75, 3.05) is 19.8 Å². The van der Waals surface area contributed by atoms with Gasteiger partial charge in [0.15, 0.2) is 6.29 Å². The van der Waals surface area contributed by atoms with Gasteiger partial charge in [0.25, 0.3) is 10.0 Å². The van der Waals surface area contributed by atoms with Gasteiger partial charge in [-0.2, -0.15) is 0 Å². The highest BCUT2D eigenvalue weighted by Gasteiger charge is 2.44. The van der Waals surface area contributed by atoms with Crippen molar-refractivity contribution in [3.05, 3.63) is 65.7 Å². The monoisotopic (exact) mass is 603 g/mol. The number of primary amides is 1. The molecular weight excluding hydrogens is 566 g/mol. The Hall–Kier alpha value is -3.07. The van der Waals surface area contributed by atoms with E-state index in [9.17, 15) is 23.1 Å². The lowest BCUT2D eigenvalue weighted by atomic mass is 10.0. The van der Waals surface area contributed by atoms with Crippen molar-refractivity contribution in [1.29, 1.82) is 0 Å². The van der Waals surface area contributed by atoms with Crippen LogP contribution in [-0.4, -0.2) is 80.4 Å². The third kappa shape index (κ3) is 7.28. The van der Waals surface area contributed by atoms with Crippen LogP contribution in [0.3, 0.4) is 0 Å². The standard InChI is InChI=1S/C29H37N3O9S/c30-27(34)20-9-6-12-22(16-20)42(36,37)32(41-21-10-4-5-11-21)17-25(33)24(15-19-7-2-1-3-8-19)31-29(35)40-26-18-39-28-23(26)13-14-38-28/h1-3,6-9,12,16,21,23-26,28,33H,4-5,10-11,13-15,17-18H2,(H2,30,34)(H,31,35)/t23-,24-,25-,26-,28+/m0/s1. The van der Waals surface area contributed by atoms with Crippen molar-refractivity contribution in [1.82, 2.24) is 9.79 Å². The molecule has 42 heavy (non-hydrogen) atoms. The molecule has 3 aliphatic rings. The minimum atomic E-state index is -4.33. The Kier molecular flexibility index (Phi) is 9.76. The number of aliphatic hydroxyl groups excluding tert-OH is 1. The summed E-state index contributed by atoms with van der Waals surface area (Å²) in [4.78, 5) is 30.5. The third-order valence-electron chi connectivity index (χ3n) is 7.90. The van der Waals surface area contributed by atoms with Gasteiger partial charge in [0.2, 0.25) is 5.91 Å². The Morgan fingerprint density at radius 1 is 1.07 bits per heavy atom. The molecule has 5 rings (SSSR count). The Morgan fingerprint density at radius 3 is 2.57 bits per heavy atom. The van der Waals surface area contributed by atoms with Crippen LogP contribution < -0.4 is 11.1 Å². The number of aliphatic hydroxyl groups is 1. The number of benzene rings is 2. The van der Waals surface area contributed by atoms with Gasteiger partial charge in [0.05, 0.1) is 48.8 Å². The largest absolute Gasteiger partial charge is 0.443 e. The number of fused-ring (bicyclic) bond motifs is 1. The van der Waals surface area contributed by atoms with Crippen LogP contribution in [0, 0.1) is 5.92 Å². The van der Waals surface area contributed by atoms with E-state index in [1.807, 2.05) is 30.3 Å². The van der Waals surface area contributed by atoms with Crippen molar-refractivity contribution in [3.8, 4) is 0 Å². The van der Waals surface area contributed by atoms with Gasteiger partial charge in [-0.1, -0.05) is 53.7 Å². The van der Waals surface area contributed by atoms with Crippen molar-refractivity contribution in [3.63, 3.8) is 0 Å². The van der Waals surface area contributed by atoms with Crippen LogP contribution in [0.15, 0.2) is 59.5 Å². The summed E-state index contributed by atoms with van der Waals surface area (Å²) in [7, 11) is -4.33. The fourth-order valence-corrected chi connectivity index (χ4v) is 6.93. The second-order valence-corrected chi connectivity index (χ2v) is 12.7. The number of nitrogens with one attached hydrogen (secondary N) is 1. The molecule has 0 spiro atoms. The van der Waals surface area contributed by atoms with Crippen LogP contribution in [0.2, 0.25) is 0 Å². The van der Waals surface area contributed by atoms with Crippen molar-refractivity contribution >= 4 is 22.0 Å². The maximum absolute atomic E-state index is 13.8. The molecule has 4 N–H and O–H groups in total.